The summed E-state index contributed by atoms with van der Waals surface area (Å²) in [7, 11) is 3.43. The summed E-state index contributed by atoms with van der Waals surface area (Å²) < 4.78 is 13.2. The van der Waals surface area contributed by atoms with Gasteiger partial charge >= 0.3 is 0 Å². The number of amides is 1. The van der Waals surface area contributed by atoms with Gasteiger partial charge in [0, 0.05) is 33.1 Å². The molecule has 0 aromatic heterocycles. The van der Waals surface area contributed by atoms with Crippen molar-refractivity contribution in [1.29, 1.82) is 0 Å². The van der Waals surface area contributed by atoms with E-state index in [1.807, 2.05) is 24.3 Å². The van der Waals surface area contributed by atoms with E-state index in [2.05, 4.69) is 10.6 Å². The molecule has 2 aromatic carbocycles. The highest BCUT2D eigenvalue weighted by molar-refractivity contribution is 5.93. The number of rotatable bonds is 7. The molecule has 0 spiro atoms. The maximum atomic E-state index is 13.3. The zero-order chi connectivity index (χ0) is 22.4. The lowest BCUT2D eigenvalue weighted by atomic mass is 9.85. The lowest BCUT2D eigenvalue weighted by Gasteiger charge is -2.36. The van der Waals surface area contributed by atoms with Gasteiger partial charge in [-0.2, -0.15) is 6.21 Å². The molecule has 3 rings (SSSR count). The van der Waals surface area contributed by atoms with Gasteiger partial charge < -0.3 is 26.7 Å². The SMILES string of the molecule is CN/C=C(\C=[N-])[C@H]1CN(C(=O)/C(=C/C(N)c2ccc(F)cc2)NC)Cc2ccccc21. The van der Waals surface area contributed by atoms with Crippen molar-refractivity contribution in [1.82, 2.24) is 15.5 Å². The van der Waals surface area contributed by atoms with Crippen LogP contribution < -0.4 is 16.4 Å². The van der Waals surface area contributed by atoms with E-state index in [1.165, 1.54) is 12.1 Å². The van der Waals surface area contributed by atoms with Gasteiger partial charge in [-0.15, -0.1) is 0 Å². The lowest BCUT2D eigenvalue weighted by Crippen LogP contribution is -2.42. The van der Waals surface area contributed by atoms with Crippen molar-refractivity contribution in [3.8, 4) is 0 Å². The van der Waals surface area contributed by atoms with Gasteiger partial charge in [-0.3, -0.25) is 4.79 Å². The van der Waals surface area contributed by atoms with Crippen LogP contribution in [0.2, 0.25) is 0 Å². The van der Waals surface area contributed by atoms with E-state index in [9.17, 15) is 14.6 Å². The third-order valence-electron chi connectivity index (χ3n) is 5.45. The van der Waals surface area contributed by atoms with Crippen LogP contribution in [0.15, 0.2) is 72.1 Å². The monoisotopic (exact) mass is 420 g/mol. The zero-order valence-corrected chi connectivity index (χ0v) is 17.7. The van der Waals surface area contributed by atoms with E-state index in [-0.39, 0.29) is 17.6 Å². The summed E-state index contributed by atoms with van der Waals surface area (Å²) >= 11 is 0. The molecule has 1 amide bonds. The van der Waals surface area contributed by atoms with Gasteiger partial charge in [-0.1, -0.05) is 36.4 Å². The van der Waals surface area contributed by atoms with Gasteiger partial charge in [0.15, 0.2) is 0 Å². The third kappa shape index (κ3) is 5.00. The van der Waals surface area contributed by atoms with Gasteiger partial charge in [0.25, 0.3) is 5.91 Å². The third-order valence-corrected chi connectivity index (χ3v) is 5.45. The van der Waals surface area contributed by atoms with E-state index >= 15 is 0 Å². The van der Waals surface area contributed by atoms with Crippen LogP contribution in [0.3, 0.4) is 0 Å². The van der Waals surface area contributed by atoms with Crippen LogP contribution in [0.5, 0.6) is 0 Å². The molecule has 0 aliphatic carbocycles. The molecule has 6 nitrogen and oxygen atoms in total. The van der Waals surface area contributed by atoms with Crippen LogP contribution >= 0.6 is 0 Å². The molecule has 1 heterocycles. The van der Waals surface area contributed by atoms with Crippen LogP contribution in [-0.4, -0.2) is 37.7 Å². The van der Waals surface area contributed by atoms with E-state index in [0.717, 1.165) is 17.3 Å². The molecule has 0 saturated carbocycles. The molecular formula is C24H27FN5O-. The molecule has 2 atom stereocenters. The highest BCUT2D eigenvalue weighted by Crippen LogP contribution is 2.33. The number of halogens is 1. The number of carbonyl (C=O) groups is 1. The molecule has 162 valence electrons. The molecule has 7 heteroatoms. The Hall–Kier alpha value is -3.45. The highest BCUT2D eigenvalue weighted by atomic mass is 19.1. The second-order valence-corrected chi connectivity index (χ2v) is 7.41. The summed E-state index contributed by atoms with van der Waals surface area (Å²) in [5, 5.41) is 15.7. The van der Waals surface area contributed by atoms with Crippen LogP contribution in [-0.2, 0) is 11.3 Å². The minimum absolute atomic E-state index is 0.171. The van der Waals surface area contributed by atoms with E-state index in [4.69, 9.17) is 5.73 Å². The summed E-state index contributed by atoms with van der Waals surface area (Å²) in [6.07, 6.45) is 4.45. The number of nitrogens with one attached hydrogen (secondary N) is 2. The minimum atomic E-state index is -0.564. The molecule has 0 radical (unpaired) electrons. The minimum Gasteiger partial charge on any atom is -0.810 e. The molecule has 0 bridgehead atoms. The molecule has 1 aliphatic rings. The van der Waals surface area contributed by atoms with Gasteiger partial charge in [-0.25, -0.2) is 4.39 Å². The number of likely N-dealkylation sites (N-methyl/N-ethyl adjacent to an activating group) is 1. The van der Waals surface area contributed by atoms with E-state index in [0.29, 0.717) is 29.9 Å². The molecule has 31 heavy (non-hydrogen) atoms. The quantitative estimate of drug-likeness (QED) is 0.474. The maximum Gasteiger partial charge on any atom is 0.269 e. The summed E-state index contributed by atoms with van der Waals surface area (Å²) in [6.45, 7) is 0.861. The first-order chi connectivity index (χ1) is 15.0. The van der Waals surface area contributed by atoms with E-state index < -0.39 is 6.04 Å². The fourth-order valence-corrected chi connectivity index (χ4v) is 3.83. The summed E-state index contributed by atoms with van der Waals surface area (Å²) in [5.74, 6) is -0.703. The Morgan fingerprint density at radius 3 is 2.58 bits per heavy atom. The first-order valence-corrected chi connectivity index (χ1v) is 10.1. The number of hydrogen-bond donors (Lipinski definition) is 3. The molecule has 1 aliphatic heterocycles. The van der Waals surface area contributed by atoms with Crippen molar-refractivity contribution in [2.75, 3.05) is 20.6 Å². The topological polar surface area (TPSA) is 92.7 Å². The van der Waals surface area contributed by atoms with Crippen molar-refractivity contribution in [2.24, 2.45) is 5.73 Å². The Labute approximate surface area is 182 Å². The average Bonchev–Trinajstić information content (AvgIpc) is 2.80. The second kappa shape index (κ2) is 10.0. The normalized spacial score (nSPS) is 17.5. The standard InChI is InChI=1S/C24H27FN5O/c1-28-13-18(12-26)21-15-30(14-17-5-3-4-6-20(17)21)24(31)23(29-2)11-22(27)16-7-9-19(25)10-8-16/h3-13,21-22,28-29H,14-15,27H2,1-2H3/q-1/b18-13+,23-11-/t21-,22?/m1/s1. The lowest BCUT2D eigenvalue weighted by molar-refractivity contribution is -0.128. The predicted molar refractivity (Wildman–Crippen MR) is 122 cm³/mol. The fourth-order valence-electron chi connectivity index (χ4n) is 3.83. The predicted octanol–water partition coefficient (Wildman–Crippen LogP) is 2.80. The van der Waals surface area contributed by atoms with Gasteiger partial charge in [0.2, 0.25) is 0 Å². The zero-order valence-electron chi connectivity index (χ0n) is 17.7. The maximum absolute atomic E-state index is 13.3. The van der Waals surface area contributed by atoms with Crippen LogP contribution in [0.4, 0.5) is 4.39 Å². The van der Waals surface area contributed by atoms with Gasteiger partial charge in [-0.05, 0) is 46.7 Å². The van der Waals surface area contributed by atoms with Crippen LogP contribution in [0.25, 0.3) is 5.41 Å². The van der Waals surface area contributed by atoms with Crippen LogP contribution in [0.1, 0.15) is 28.7 Å². The van der Waals surface area contributed by atoms with Crippen molar-refractivity contribution in [3.05, 3.63) is 100.0 Å². The second-order valence-electron chi connectivity index (χ2n) is 7.41. The summed E-state index contributed by atoms with van der Waals surface area (Å²) in [4.78, 5) is 15.1. The van der Waals surface area contributed by atoms with E-state index in [1.54, 1.807) is 43.4 Å². The first-order valence-electron chi connectivity index (χ1n) is 10.1. The Balaban J connectivity index is 1.90. The number of fused-ring (bicyclic) bond motifs is 1. The molecular weight excluding hydrogens is 393 g/mol. The van der Waals surface area contributed by atoms with Crippen LogP contribution in [0, 0.1) is 5.82 Å². The number of benzene rings is 2. The van der Waals surface area contributed by atoms with Gasteiger partial charge in [0.1, 0.15) is 5.82 Å². The smallest absolute Gasteiger partial charge is 0.269 e. The molecule has 1 unspecified atom stereocenters. The van der Waals surface area contributed by atoms with Crippen molar-refractivity contribution in [2.45, 2.75) is 18.5 Å². The van der Waals surface area contributed by atoms with Gasteiger partial charge in [0.05, 0.1) is 11.7 Å². The Bertz CT molecular complexity index is 999. The molecule has 0 fully saturated rings. The van der Waals surface area contributed by atoms with Crippen molar-refractivity contribution < 1.29 is 9.18 Å². The Morgan fingerprint density at radius 2 is 1.94 bits per heavy atom. The van der Waals surface area contributed by atoms with Crippen molar-refractivity contribution in [3.63, 3.8) is 0 Å². The Kier molecular flexibility index (Phi) is 7.20. The number of carbonyl (C=O) groups excluding carboxylic acids is 1. The highest BCUT2D eigenvalue weighted by Gasteiger charge is 2.30. The molecule has 4 N–H and O–H groups in total. The number of hydrogen-bond acceptors (Lipinski definition) is 4. The largest absolute Gasteiger partial charge is 0.810 e. The van der Waals surface area contributed by atoms with Crippen molar-refractivity contribution >= 4 is 12.1 Å². The summed E-state index contributed by atoms with van der Waals surface area (Å²) in [5.41, 5.74) is 10.1. The average molecular weight is 421 g/mol. The number of nitrogens with zero attached hydrogens (tertiary/aromatic N) is 2. The number of nitrogens with two attached hydrogens (primary N) is 1. The fraction of sp³-hybridized carbons (Fsp3) is 0.250. The molecule has 2 aromatic rings. The summed E-state index contributed by atoms with van der Waals surface area (Å²) in [6, 6.07) is 13.2. The first kappa shape index (κ1) is 22.2. The molecule has 0 saturated heterocycles. The Morgan fingerprint density at radius 1 is 1.23 bits per heavy atom.